The van der Waals surface area contributed by atoms with Gasteiger partial charge in [0.25, 0.3) is 5.91 Å². The van der Waals surface area contributed by atoms with Crippen LogP contribution in [0.4, 0.5) is 4.39 Å². The smallest absolute Gasteiger partial charge is 0.257 e. The van der Waals surface area contributed by atoms with Crippen LogP contribution in [-0.2, 0) is 12.5 Å². The number of benzene rings is 3. The van der Waals surface area contributed by atoms with Crippen molar-refractivity contribution >= 4 is 16.8 Å². The third-order valence-corrected chi connectivity index (χ3v) is 8.26. The Morgan fingerprint density at radius 1 is 1.03 bits per heavy atom. The van der Waals surface area contributed by atoms with Gasteiger partial charge in [0.2, 0.25) is 0 Å². The third-order valence-electron chi connectivity index (χ3n) is 8.26. The Hall–Kier alpha value is -4.26. The van der Waals surface area contributed by atoms with Crippen LogP contribution in [0.1, 0.15) is 33.0 Å². The highest BCUT2D eigenvalue weighted by atomic mass is 19.1. The Kier molecular flexibility index (Phi) is 4.67. The SMILES string of the molecule is Cc1cc2c(cnn2-c2ccc(F)cc2)cc1[C@]12CN(C(=O)c3cnn(C)c3)C[C@H]1[C@@H]2c1ccccc1. The average Bonchev–Trinajstić information content (AvgIpc) is 3.32. The fourth-order valence-electron chi connectivity index (χ4n) is 6.60. The molecule has 2 fully saturated rings. The number of nitrogens with zero attached hydrogens (tertiary/aromatic N) is 5. The van der Waals surface area contributed by atoms with Crippen LogP contribution in [0.5, 0.6) is 0 Å². The normalized spacial score (nSPS) is 22.4. The zero-order chi connectivity index (χ0) is 25.3. The van der Waals surface area contributed by atoms with Crippen LogP contribution in [0.2, 0.25) is 0 Å². The van der Waals surface area contributed by atoms with E-state index in [0.29, 0.717) is 23.9 Å². The number of fused-ring (bicyclic) bond motifs is 2. The molecule has 0 bridgehead atoms. The molecule has 2 aromatic heterocycles. The van der Waals surface area contributed by atoms with Crippen LogP contribution in [-0.4, -0.2) is 43.5 Å². The Morgan fingerprint density at radius 2 is 1.81 bits per heavy atom. The summed E-state index contributed by atoms with van der Waals surface area (Å²) in [5.41, 5.74) is 6.07. The van der Waals surface area contributed by atoms with E-state index in [0.717, 1.165) is 23.1 Å². The van der Waals surface area contributed by atoms with E-state index < -0.39 is 0 Å². The molecule has 1 amide bonds. The number of hydrogen-bond acceptors (Lipinski definition) is 3. The van der Waals surface area contributed by atoms with E-state index in [2.05, 4.69) is 53.5 Å². The largest absolute Gasteiger partial charge is 0.337 e. The second-order valence-electron chi connectivity index (χ2n) is 10.4. The minimum atomic E-state index is -0.267. The summed E-state index contributed by atoms with van der Waals surface area (Å²) >= 11 is 0. The summed E-state index contributed by atoms with van der Waals surface area (Å²) in [4.78, 5) is 15.3. The van der Waals surface area contributed by atoms with E-state index in [4.69, 9.17) is 0 Å². The van der Waals surface area contributed by atoms with Crippen molar-refractivity contribution in [3.63, 3.8) is 0 Å². The molecule has 1 aliphatic carbocycles. The van der Waals surface area contributed by atoms with Crippen LogP contribution in [0.25, 0.3) is 16.6 Å². The van der Waals surface area contributed by atoms with E-state index >= 15 is 0 Å². The van der Waals surface area contributed by atoms with Gasteiger partial charge in [0.1, 0.15) is 5.82 Å². The maximum Gasteiger partial charge on any atom is 0.257 e. The topological polar surface area (TPSA) is 56.0 Å². The number of piperidine rings is 1. The first-order chi connectivity index (χ1) is 18.0. The van der Waals surface area contributed by atoms with Gasteiger partial charge < -0.3 is 4.90 Å². The van der Waals surface area contributed by atoms with Crippen LogP contribution in [0, 0.1) is 18.7 Å². The van der Waals surface area contributed by atoms with Gasteiger partial charge in [0, 0.05) is 43.1 Å². The van der Waals surface area contributed by atoms with E-state index in [-0.39, 0.29) is 17.1 Å². The number of carbonyl (C=O) groups is 1. The van der Waals surface area contributed by atoms with E-state index in [9.17, 15) is 9.18 Å². The van der Waals surface area contributed by atoms with Crippen LogP contribution >= 0.6 is 0 Å². The summed E-state index contributed by atoms with van der Waals surface area (Å²) in [6.45, 7) is 3.54. The molecule has 2 aliphatic rings. The molecule has 5 aromatic rings. The molecule has 1 saturated carbocycles. The van der Waals surface area contributed by atoms with Crippen molar-refractivity contribution in [3.8, 4) is 5.69 Å². The Bertz CT molecular complexity index is 1650. The quantitative estimate of drug-likeness (QED) is 0.355. The van der Waals surface area contributed by atoms with Crippen molar-refractivity contribution < 1.29 is 9.18 Å². The number of likely N-dealkylation sites (tertiary alicyclic amines) is 1. The fourth-order valence-corrected chi connectivity index (χ4v) is 6.60. The Labute approximate surface area is 213 Å². The van der Waals surface area contributed by atoms with Gasteiger partial charge in [-0.15, -0.1) is 0 Å². The molecule has 0 unspecified atom stereocenters. The molecule has 3 heterocycles. The van der Waals surface area contributed by atoms with Crippen molar-refractivity contribution in [3.05, 3.63) is 113 Å². The third kappa shape index (κ3) is 3.26. The summed E-state index contributed by atoms with van der Waals surface area (Å²) in [7, 11) is 1.83. The molecule has 0 N–H and O–H groups in total. The van der Waals surface area contributed by atoms with Gasteiger partial charge >= 0.3 is 0 Å². The lowest BCUT2D eigenvalue weighted by molar-refractivity contribution is 0.0769. The van der Waals surface area contributed by atoms with Crippen molar-refractivity contribution in [2.24, 2.45) is 13.0 Å². The first-order valence-electron chi connectivity index (χ1n) is 12.5. The van der Waals surface area contributed by atoms with Gasteiger partial charge in [-0.1, -0.05) is 30.3 Å². The predicted octanol–water partition coefficient (Wildman–Crippen LogP) is 5.01. The van der Waals surface area contributed by atoms with Gasteiger partial charge in [-0.05, 0) is 65.9 Å². The average molecular weight is 492 g/mol. The van der Waals surface area contributed by atoms with Crippen molar-refractivity contribution in [1.82, 2.24) is 24.5 Å². The van der Waals surface area contributed by atoms with Gasteiger partial charge in [0.15, 0.2) is 0 Å². The summed E-state index contributed by atoms with van der Waals surface area (Å²) in [5, 5.41) is 9.86. The highest BCUT2D eigenvalue weighted by Gasteiger charge is 2.70. The van der Waals surface area contributed by atoms with E-state index in [1.807, 2.05) is 28.9 Å². The number of aryl methyl sites for hydroxylation is 2. The molecule has 0 radical (unpaired) electrons. The lowest BCUT2D eigenvalue weighted by Gasteiger charge is -2.25. The second-order valence-corrected chi connectivity index (χ2v) is 10.4. The van der Waals surface area contributed by atoms with Crippen LogP contribution < -0.4 is 0 Å². The number of halogens is 1. The molecule has 37 heavy (non-hydrogen) atoms. The lowest BCUT2D eigenvalue weighted by atomic mass is 9.86. The van der Waals surface area contributed by atoms with Crippen molar-refractivity contribution in [1.29, 1.82) is 0 Å². The molecular formula is C30H26FN5O. The monoisotopic (exact) mass is 491 g/mol. The molecule has 6 nitrogen and oxygen atoms in total. The highest BCUT2D eigenvalue weighted by Crippen LogP contribution is 2.69. The molecule has 184 valence electrons. The predicted molar refractivity (Wildman–Crippen MR) is 139 cm³/mol. The first-order valence-corrected chi connectivity index (χ1v) is 12.5. The Morgan fingerprint density at radius 3 is 2.54 bits per heavy atom. The minimum Gasteiger partial charge on any atom is -0.337 e. The molecular weight excluding hydrogens is 465 g/mol. The summed E-state index contributed by atoms with van der Waals surface area (Å²) in [6, 6.07) is 21.5. The van der Waals surface area contributed by atoms with E-state index in [1.54, 1.807) is 29.2 Å². The first kappa shape index (κ1) is 22.0. The Balaban J connectivity index is 1.31. The number of aromatic nitrogens is 4. The number of carbonyl (C=O) groups excluding carboxylic acids is 1. The minimum absolute atomic E-state index is 0.0364. The number of hydrogen-bond donors (Lipinski definition) is 0. The van der Waals surface area contributed by atoms with Crippen molar-refractivity contribution in [2.75, 3.05) is 13.1 Å². The number of amides is 1. The highest BCUT2D eigenvalue weighted by molar-refractivity contribution is 5.94. The molecule has 3 aromatic carbocycles. The van der Waals surface area contributed by atoms with Gasteiger partial charge in [-0.3, -0.25) is 9.48 Å². The molecule has 0 spiro atoms. The lowest BCUT2D eigenvalue weighted by Crippen LogP contribution is -2.34. The second kappa shape index (κ2) is 7.87. The summed E-state index contributed by atoms with van der Waals surface area (Å²) in [5.74, 6) is 0.472. The molecule has 1 saturated heterocycles. The summed E-state index contributed by atoms with van der Waals surface area (Å²) < 4.78 is 17.0. The standard InChI is InChI=1S/C30H26FN5O/c1-19-12-27-21(14-33-36(27)24-10-8-23(31)9-11-24)13-25(19)30-18-35(29(37)22-15-32-34(2)16-22)17-26(30)28(30)20-6-4-3-5-7-20/h3-16,26,28H,17-18H2,1-2H3/t26-,28-,30+/m0/s1. The van der Waals surface area contributed by atoms with E-state index in [1.165, 1.54) is 28.8 Å². The zero-order valence-electron chi connectivity index (χ0n) is 20.7. The van der Waals surface area contributed by atoms with Gasteiger partial charge in [-0.2, -0.15) is 10.2 Å². The van der Waals surface area contributed by atoms with Crippen LogP contribution in [0.3, 0.4) is 0 Å². The molecule has 3 atom stereocenters. The molecule has 1 aliphatic heterocycles. The van der Waals surface area contributed by atoms with Crippen LogP contribution in [0.15, 0.2) is 85.3 Å². The number of rotatable bonds is 4. The maximum atomic E-state index is 13.5. The van der Waals surface area contributed by atoms with Crippen molar-refractivity contribution in [2.45, 2.75) is 18.3 Å². The maximum absolute atomic E-state index is 13.5. The molecule has 7 rings (SSSR count). The molecule has 7 heteroatoms. The summed E-state index contributed by atoms with van der Waals surface area (Å²) in [6.07, 6.45) is 5.31. The zero-order valence-corrected chi connectivity index (χ0v) is 20.7. The van der Waals surface area contributed by atoms with Gasteiger partial charge in [-0.25, -0.2) is 9.07 Å². The van der Waals surface area contributed by atoms with Gasteiger partial charge in [0.05, 0.1) is 29.2 Å². The fraction of sp³-hybridized carbons (Fsp3) is 0.233.